The minimum absolute atomic E-state index is 0.213. The van der Waals surface area contributed by atoms with Gasteiger partial charge in [-0.15, -0.1) is 0 Å². The van der Waals surface area contributed by atoms with Gasteiger partial charge in [0.1, 0.15) is 17.5 Å². The third-order valence-corrected chi connectivity index (χ3v) is 6.05. The fraction of sp³-hybridized carbons (Fsp3) is 0.632. The van der Waals surface area contributed by atoms with Gasteiger partial charge in [0, 0.05) is 24.7 Å². The van der Waals surface area contributed by atoms with Crippen molar-refractivity contribution in [2.24, 2.45) is 5.92 Å². The molecule has 2 aromatic heterocycles. The van der Waals surface area contributed by atoms with Crippen molar-refractivity contribution in [1.82, 2.24) is 25.1 Å². The lowest BCUT2D eigenvalue weighted by atomic mass is 9.72. The largest absolute Gasteiger partial charge is 0.347 e. The Hall–Kier alpha value is -2.65. The standard InChI is InChI=1S/C19H23F2N5O3/c1-10(9-27)23-17(28)13-3-2-12(13)15-24-16-14(18(29)25-15)8-22-26(16)11-4-6-19(20,21)7-5-11/h8-13H,2-7H2,1H3,(H,23,28)(H,24,25,29)/t10?,12-,13-/m1/s1. The Morgan fingerprint density at radius 2 is 2.07 bits per heavy atom. The van der Waals surface area contributed by atoms with E-state index in [2.05, 4.69) is 20.4 Å². The highest BCUT2D eigenvalue weighted by Gasteiger charge is 2.40. The number of aromatic nitrogens is 4. The predicted molar refractivity (Wildman–Crippen MR) is 99.7 cm³/mol. The van der Waals surface area contributed by atoms with Crippen LogP contribution < -0.4 is 10.9 Å². The topological polar surface area (TPSA) is 110 Å². The summed E-state index contributed by atoms with van der Waals surface area (Å²) in [5.74, 6) is -3.13. The zero-order chi connectivity index (χ0) is 20.8. The van der Waals surface area contributed by atoms with E-state index in [1.54, 1.807) is 11.6 Å². The highest BCUT2D eigenvalue weighted by atomic mass is 19.3. The van der Waals surface area contributed by atoms with Gasteiger partial charge in [-0.2, -0.15) is 5.10 Å². The third-order valence-electron chi connectivity index (χ3n) is 6.05. The molecule has 0 aliphatic heterocycles. The Morgan fingerprint density at radius 3 is 2.69 bits per heavy atom. The predicted octanol–water partition coefficient (Wildman–Crippen LogP) is 2.07. The number of carbonyl (C=O) groups is 2. The number of rotatable bonds is 5. The number of halogens is 2. The lowest BCUT2D eigenvalue weighted by Crippen LogP contribution is -2.44. The van der Waals surface area contributed by atoms with Gasteiger partial charge < -0.3 is 15.1 Å². The Bertz CT molecular complexity index is 991. The van der Waals surface area contributed by atoms with Crippen molar-refractivity contribution >= 4 is 23.2 Å². The summed E-state index contributed by atoms with van der Waals surface area (Å²) in [6, 6.07) is -0.813. The molecule has 4 rings (SSSR count). The molecule has 2 aliphatic carbocycles. The average molecular weight is 407 g/mol. The summed E-state index contributed by atoms with van der Waals surface area (Å²) in [4.78, 5) is 43.0. The molecule has 3 atom stereocenters. The van der Waals surface area contributed by atoms with Gasteiger partial charge in [0.25, 0.3) is 5.56 Å². The molecule has 1 unspecified atom stereocenters. The molecule has 10 heteroatoms. The quantitative estimate of drug-likeness (QED) is 0.738. The summed E-state index contributed by atoms with van der Waals surface area (Å²) in [6.07, 6.45) is 3.51. The highest BCUT2D eigenvalue weighted by Crippen LogP contribution is 2.42. The van der Waals surface area contributed by atoms with Gasteiger partial charge in [-0.1, -0.05) is 0 Å². The van der Waals surface area contributed by atoms with Crippen molar-refractivity contribution in [2.45, 2.75) is 69.4 Å². The van der Waals surface area contributed by atoms with Crippen LogP contribution in [0.1, 0.15) is 63.2 Å². The van der Waals surface area contributed by atoms with E-state index in [4.69, 9.17) is 0 Å². The summed E-state index contributed by atoms with van der Waals surface area (Å²) in [5.41, 5.74) is 0.0102. The second-order valence-electron chi connectivity index (χ2n) is 8.09. The van der Waals surface area contributed by atoms with Gasteiger partial charge >= 0.3 is 0 Å². The molecule has 0 spiro atoms. The first-order valence-electron chi connectivity index (χ1n) is 9.90. The Balaban J connectivity index is 1.61. The van der Waals surface area contributed by atoms with Crippen LogP contribution in [0.25, 0.3) is 11.0 Å². The van der Waals surface area contributed by atoms with Crippen LogP contribution in [0.3, 0.4) is 0 Å². The van der Waals surface area contributed by atoms with Crippen molar-refractivity contribution in [2.75, 3.05) is 0 Å². The molecule has 8 nitrogen and oxygen atoms in total. The molecule has 156 valence electrons. The van der Waals surface area contributed by atoms with Crippen LogP contribution in [0.5, 0.6) is 0 Å². The number of fused-ring (bicyclic) bond motifs is 1. The number of carbonyl (C=O) groups excluding carboxylic acids is 2. The van der Waals surface area contributed by atoms with E-state index in [9.17, 15) is 23.2 Å². The number of hydrogen-bond donors (Lipinski definition) is 2. The van der Waals surface area contributed by atoms with E-state index in [-0.39, 0.29) is 55.0 Å². The van der Waals surface area contributed by atoms with E-state index >= 15 is 0 Å². The first-order chi connectivity index (χ1) is 13.8. The zero-order valence-corrected chi connectivity index (χ0v) is 16.0. The average Bonchev–Trinajstić information content (AvgIpc) is 3.05. The molecule has 2 aliphatic rings. The summed E-state index contributed by atoms with van der Waals surface area (Å²) in [6.45, 7) is 1.59. The van der Waals surface area contributed by atoms with Gasteiger partial charge in [0.2, 0.25) is 11.8 Å². The second kappa shape index (κ2) is 7.31. The maximum atomic E-state index is 13.5. The maximum absolute atomic E-state index is 13.5. The lowest BCUT2D eigenvalue weighted by Gasteiger charge is -2.35. The molecule has 2 heterocycles. The molecule has 0 aromatic carbocycles. The number of alkyl halides is 2. The molecule has 2 N–H and O–H groups in total. The molecule has 2 aromatic rings. The Kier molecular flexibility index (Phi) is 4.95. The van der Waals surface area contributed by atoms with Gasteiger partial charge in [-0.25, -0.2) is 18.4 Å². The van der Waals surface area contributed by atoms with E-state index in [1.807, 2.05) is 0 Å². The molecule has 0 saturated heterocycles. The monoisotopic (exact) mass is 407 g/mol. The van der Waals surface area contributed by atoms with Crippen LogP contribution in [-0.4, -0.2) is 43.9 Å². The van der Waals surface area contributed by atoms with Crippen molar-refractivity contribution in [3.63, 3.8) is 0 Å². The molecule has 29 heavy (non-hydrogen) atoms. The van der Waals surface area contributed by atoms with Crippen LogP contribution in [0.4, 0.5) is 8.78 Å². The van der Waals surface area contributed by atoms with E-state index in [0.717, 1.165) is 0 Å². The van der Waals surface area contributed by atoms with Gasteiger partial charge in [-0.05, 0) is 32.6 Å². The number of H-pyrrole nitrogens is 1. The normalized spacial score (nSPS) is 25.3. The van der Waals surface area contributed by atoms with Gasteiger partial charge in [-0.3, -0.25) is 9.59 Å². The summed E-state index contributed by atoms with van der Waals surface area (Å²) < 4.78 is 28.6. The lowest BCUT2D eigenvalue weighted by molar-refractivity contribution is -0.130. The Morgan fingerprint density at radius 1 is 1.34 bits per heavy atom. The molecule has 0 bridgehead atoms. The number of amides is 1. The van der Waals surface area contributed by atoms with Crippen LogP contribution in [0.15, 0.2) is 11.0 Å². The first-order valence-corrected chi connectivity index (χ1v) is 9.90. The number of hydrogen-bond acceptors (Lipinski definition) is 5. The third kappa shape index (κ3) is 3.67. The molecule has 2 saturated carbocycles. The summed E-state index contributed by atoms with van der Waals surface area (Å²) >= 11 is 0. The van der Waals surface area contributed by atoms with Crippen molar-refractivity contribution in [1.29, 1.82) is 0 Å². The van der Waals surface area contributed by atoms with Crippen molar-refractivity contribution < 1.29 is 18.4 Å². The fourth-order valence-corrected chi connectivity index (χ4v) is 4.17. The van der Waals surface area contributed by atoms with Crippen molar-refractivity contribution in [3.8, 4) is 0 Å². The van der Waals surface area contributed by atoms with Crippen LogP contribution in [-0.2, 0) is 9.59 Å². The van der Waals surface area contributed by atoms with Crippen LogP contribution in [0, 0.1) is 5.92 Å². The van der Waals surface area contributed by atoms with Crippen LogP contribution in [0.2, 0.25) is 0 Å². The molecule has 2 fully saturated rings. The molecular formula is C19H23F2N5O3. The highest BCUT2D eigenvalue weighted by molar-refractivity contribution is 5.83. The summed E-state index contributed by atoms with van der Waals surface area (Å²) in [7, 11) is 0. The van der Waals surface area contributed by atoms with Gasteiger partial charge in [0.05, 0.1) is 18.3 Å². The first kappa shape index (κ1) is 19.7. The number of nitrogens with one attached hydrogen (secondary N) is 2. The molecule has 0 radical (unpaired) electrons. The SMILES string of the molecule is CC(C=O)NC(=O)[C@@H]1CC[C@H]1c1nc2c(cnn2C2CCC(F)(F)CC2)c(=O)[nH]1. The van der Waals surface area contributed by atoms with Crippen LogP contribution >= 0.6 is 0 Å². The maximum Gasteiger partial charge on any atom is 0.262 e. The summed E-state index contributed by atoms with van der Waals surface area (Å²) in [5, 5.41) is 7.19. The fourth-order valence-electron chi connectivity index (χ4n) is 4.17. The number of nitrogens with zero attached hydrogens (tertiary/aromatic N) is 3. The van der Waals surface area contributed by atoms with Crippen molar-refractivity contribution in [3.05, 3.63) is 22.4 Å². The number of aldehydes is 1. The molecular weight excluding hydrogens is 384 g/mol. The van der Waals surface area contributed by atoms with E-state index in [0.29, 0.717) is 36.0 Å². The minimum atomic E-state index is -2.65. The second-order valence-corrected chi connectivity index (χ2v) is 8.09. The smallest absolute Gasteiger partial charge is 0.262 e. The van der Waals surface area contributed by atoms with E-state index < -0.39 is 12.0 Å². The minimum Gasteiger partial charge on any atom is -0.347 e. The van der Waals surface area contributed by atoms with E-state index in [1.165, 1.54) is 6.20 Å². The molecule has 1 amide bonds. The number of aromatic amines is 1. The Labute approximate surface area is 165 Å². The van der Waals surface area contributed by atoms with Gasteiger partial charge in [0.15, 0.2) is 5.65 Å². The zero-order valence-electron chi connectivity index (χ0n) is 16.0.